The molecule has 1 fully saturated rings. The topological polar surface area (TPSA) is 53.4 Å². The lowest BCUT2D eigenvalue weighted by molar-refractivity contribution is -0.136. The number of nitrogens with zero attached hydrogens (tertiary/aromatic N) is 2. The largest absolute Gasteiger partial charge is 0.481 e. The summed E-state index contributed by atoms with van der Waals surface area (Å²) in [6, 6.07) is 0.587. The van der Waals surface area contributed by atoms with Crippen molar-refractivity contribution in [1.29, 1.82) is 0 Å². The van der Waals surface area contributed by atoms with Crippen LogP contribution in [-0.2, 0) is 11.2 Å². The van der Waals surface area contributed by atoms with Crippen molar-refractivity contribution in [2.45, 2.75) is 45.6 Å². The molecule has 100 valence electrons. The van der Waals surface area contributed by atoms with Gasteiger partial charge in [-0.1, -0.05) is 13.8 Å². The normalized spacial score (nSPS) is 19.7. The average Bonchev–Trinajstić information content (AvgIpc) is 2.94. The predicted octanol–water partition coefficient (Wildman–Crippen LogP) is 2.79. The van der Waals surface area contributed by atoms with Gasteiger partial charge in [-0.3, -0.25) is 4.79 Å². The number of carboxylic acid groups (broad SMARTS) is 1. The van der Waals surface area contributed by atoms with Crippen LogP contribution < -0.4 is 4.90 Å². The van der Waals surface area contributed by atoms with Gasteiger partial charge in [-0.15, -0.1) is 11.3 Å². The lowest BCUT2D eigenvalue weighted by Gasteiger charge is -2.27. The average molecular weight is 268 g/mol. The maximum Gasteiger partial charge on any atom is 0.303 e. The molecule has 1 unspecified atom stereocenters. The van der Waals surface area contributed by atoms with Crippen LogP contribution in [0.15, 0.2) is 5.38 Å². The molecular formula is C13H20N2O2S. The van der Waals surface area contributed by atoms with Crippen LogP contribution in [0.3, 0.4) is 0 Å². The molecule has 1 aromatic rings. The van der Waals surface area contributed by atoms with Crippen molar-refractivity contribution < 1.29 is 9.90 Å². The smallest absolute Gasteiger partial charge is 0.303 e. The van der Waals surface area contributed by atoms with Crippen molar-refractivity contribution >= 4 is 22.4 Å². The maximum atomic E-state index is 10.5. The molecular weight excluding hydrogens is 248 g/mol. The van der Waals surface area contributed by atoms with Crippen LogP contribution in [0, 0.1) is 5.92 Å². The van der Waals surface area contributed by atoms with E-state index in [4.69, 9.17) is 5.11 Å². The Morgan fingerprint density at radius 3 is 3.11 bits per heavy atom. The summed E-state index contributed by atoms with van der Waals surface area (Å²) in [4.78, 5) is 17.5. The first-order valence-corrected chi connectivity index (χ1v) is 7.38. The SMILES string of the molecule is CC(C)C1CCCN1c1nc(CCC(=O)O)cs1. The molecule has 0 radical (unpaired) electrons. The fourth-order valence-corrected chi connectivity index (χ4v) is 3.45. The Kier molecular flexibility index (Phi) is 4.22. The highest BCUT2D eigenvalue weighted by molar-refractivity contribution is 7.13. The maximum absolute atomic E-state index is 10.5. The van der Waals surface area contributed by atoms with E-state index in [1.54, 1.807) is 11.3 Å². The van der Waals surface area contributed by atoms with Crippen LogP contribution in [0.2, 0.25) is 0 Å². The second kappa shape index (κ2) is 5.69. The number of carbonyl (C=O) groups is 1. The van der Waals surface area contributed by atoms with E-state index in [1.807, 2.05) is 5.38 Å². The molecule has 0 spiro atoms. The second-order valence-corrected chi connectivity index (χ2v) is 6.00. The van der Waals surface area contributed by atoms with Gasteiger partial charge in [0.25, 0.3) is 0 Å². The Morgan fingerprint density at radius 1 is 1.67 bits per heavy atom. The Bertz CT molecular complexity index is 417. The zero-order valence-electron chi connectivity index (χ0n) is 10.9. The van der Waals surface area contributed by atoms with Crippen molar-refractivity contribution in [3.8, 4) is 0 Å². The number of rotatable bonds is 5. The lowest BCUT2D eigenvalue weighted by atomic mass is 10.0. The third kappa shape index (κ3) is 3.02. The molecule has 2 heterocycles. The van der Waals surface area contributed by atoms with Gasteiger partial charge in [0.15, 0.2) is 5.13 Å². The van der Waals surface area contributed by atoms with Crippen molar-refractivity contribution in [1.82, 2.24) is 4.98 Å². The van der Waals surface area contributed by atoms with Gasteiger partial charge < -0.3 is 10.0 Å². The highest BCUT2D eigenvalue weighted by atomic mass is 32.1. The molecule has 0 amide bonds. The van der Waals surface area contributed by atoms with Crippen LogP contribution in [0.4, 0.5) is 5.13 Å². The molecule has 18 heavy (non-hydrogen) atoms. The second-order valence-electron chi connectivity index (χ2n) is 5.16. The van der Waals surface area contributed by atoms with Gasteiger partial charge in [0.1, 0.15) is 0 Å². The Balaban J connectivity index is 2.02. The zero-order valence-corrected chi connectivity index (χ0v) is 11.7. The van der Waals surface area contributed by atoms with Crippen molar-refractivity contribution in [2.75, 3.05) is 11.4 Å². The van der Waals surface area contributed by atoms with E-state index in [9.17, 15) is 4.79 Å². The summed E-state index contributed by atoms with van der Waals surface area (Å²) in [5.41, 5.74) is 0.909. The Morgan fingerprint density at radius 2 is 2.44 bits per heavy atom. The summed E-state index contributed by atoms with van der Waals surface area (Å²) >= 11 is 1.64. The summed E-state index contributed by atoms with van der Waals surface area (Å²) in [6.07, 6.45) is 3.16. The number of carboxylic acids is 1. The summed E-state index contributed by atoms with van der Waals surface area (Å²) in [5, 5.41) is 11.7. The molecule has 1 N–H and O–H groups in total. The minimum Gasteiger partial charge on any atom is -0.481 e. The summed E-state index contributed by atoms with van der Waals surface area (Å²) < 4.78 is 0. The molecule has 2 rings (SSSR count). The Labute approximate surface area is 112 Å². The number of thiazole rings is 1. The van der Waals surface area contributed by atoms with Crippen LogP contribution in [0.25, 0.3) is 0 Å². The van der Waals surface area contributed by atoms with Crippen molar-refractivity contribution in [3.05, 3.63) is 11.1 Å². The van der Waals surface area contributed by atoms with Gasteiger partial charge in [0, 0.05) is 24.4 Å². The molecule has 0 aromatic carbocycles. The molecule has 1 atom stereocenters. The molecule has 5 heteroatoms. The lowest BCUT2D eigenvalue weighted by Crippen LogP contribution is -2.33. The molecule has 0 aliphatic carbocycles. The summed E-state index contributed by atoms with van der Waals surface area (Å²) in [7, 11) is 0. The van der Waals surface area contributed by atoms with Crippen LogP contribution >= 0.6 is 11.3 Å². The van der Waals surface area contributed by atoms with E-state index in [0.29, 0.717) is 18.4 Å². The van der Waals surface area contributed by atoms with E-state index >= 15 is 0 Å². The van der Waals surface area contributed by atoms with E-state index in [2.05, 4.69) is 23.7 Å². The number of aliphatic carboxylic acids is 1. The predicted molar refractivity (Wildman–Crippen MR) is 73.3 cm³/mol. The molecule has 4 nitrogen and oxygen atoms in total. The number of hydrogen-bond acceptors (Lipinski definition) is 4. The van der Waals surface area contributed by atoms with E-state index < -0.39 is 5.97 Å². The van der Waals surface area contributed by atoms with Gasteiger partial charge in [-0.25, -0.2) is 4.98 Å². The van der Waals surface area contributed by atoms with Crippen LogP contribution in [0.1, 0.15) is 38.8 Å². The van der Waals surface area contributed by atoms with Gasteiger partial charge in [-0.05, 0) is 18.8 Å². The standard InChI is InChI=1S/C13H20N2O2S/c1-9(2)11-4-3-7-15(11)13-14-10(8-18-13)5-6-12(16)17/h8-9,11H,3-7H2,1-2H3,(H,16,17). The summed E-state index contributed by atoms with van der Waals surface area (Å²) in [6.45, 7) is 5.58. The fraction of sp³-hybridized carbons (Fsp3) is 0.692. The first kappa shape index (κ1) is 13.3. The molecule has 1 aromatic heterocycles. The summed E-state index contributed by atoms with van der Waals surface area (Å²) in [5.74, 6) is -0.121. The van der Waals surface area contributed by atoms with Crippen LogP contribution in [0.5, 0.6) is 0 Å². The van der Waals surface area contributed by atoms with Gasteiger partial charge in [0.2, 0.25) is 0 Å². The molecule has 1 saturated heterocycles. The van der Waals surface area contributed by atoms with Gasteiger partial charge in [-0.2, -0.15) is 0 Å². The molecule has 0 saturated carbocycles. The Hall–Kier alpha value is -1.10. The number of anilines is 1. The van der Waals surface area contributed by atoms with Gasteiger partial charge >= 0.3 is 5.97 Å². The molecule has 0 bridgehead atoms. The minimum absolute atomic E-state index is 0.163. The molecule has 1 aliphatic rings. The number of aryl methyl sites for hydroxylation is 1. The monoisotopic (exact) mass is 268 g/mol. The van der Waals surface area contributed by atoms with E-state index in [0.717, 1.165) is 17.4 Å². The highest BCUT2D eigenvalue weighted by Gasteiger charge is 2.28. The van der Waals surface area contributed by atoms with E-state index in [1.165, 1.54) is 12.8 Å². The first-order valence-electron chi connectivity index (χ1n) is 6.50. The zero-order chi connectivity index (χ0) is 13.1. The molecule has 1 aliphatic heterocycles. The number of hydrogen-bond donors (Lipinski definition) is 1. The van der Waals surface area contributed by atoms with Crippen LogP contribution in [-0.4, -0.2) is 28.6 Å². The third-order valence-corrected chi connectivity index (χ3v) is 4.38. The first-order chi connectivity index (χ1) is 8.58. The third-order valence-electron chi connectivity index (χ3n) is 3.45. The van der Waals surface area contributed by atoms with Gasteiger partial charge in [0.05, 0.1) is 12.1 Å². The highest BCUT2D eigenvalue weighted by Crippen LogP contribution is 2.32. The number of aromatic nitrogens is 1. The van der Waals surface area contributed by atoms with Crippen molar-refractivity contribution in [2.24, 2.45) is 5.92 Å². The van der Waals surface area contributed by atoms with E-state index in [-0.39, 0.29) is 6.42 Å². The fourth-order valence-electron chi connectivity index (χ4n) is 2.50. The van der Waals surface area contributed by atoms with Crippen molar-refractivity contribution in [3.63, 3.8) is 0 Å². The quantitative estimate of drug-likeness (QED) is 0.892. The minimum atomic E-state index is -0.759.